The molecular weight excluding hydrogens is 406 g/mol. The molecule has 1 atom stereocenters. The average molecular weight is 438 g/mol. The summed E-state index contributed by atoms with van der Waals surface area (Å²) in [7, 11) is 5.04. The van der Waals surface area contributed by atoms with Crippen LogP contribution in [-0.2, 0) is 6.54 Å². The number of hydrogen-bond acceptors (Lipinski definition) is 7. The summed E-state index contributed by atoms with van der Waals surface area (Å²) in [4.78, 5) is 29.7. The van der Waals surface area contributed by atoms with Gasteiger partial charge in [0.15, 0.2) is 11.5 Å². The number of aromatic nitrogens is 3. The second-order valence-corrected chi connectivity index (χ2v) is 8.35. The van der Waals surface area contributed by atoms with E-state index in [2.05, 4.69) is 33.9 Å². The number of H-pyrrole nitrogens is 1. The van der Waals surface area contributed by atoms with Gasteiger partial charge in [0.1, 0.15) is 0 Å². The van der Waals surface area contributed by atoms with Crippen molar-refractivity contribution in [2.24, 2.45) is 0 Å². The van der Waals surface area contributed by atoms with Gasteiger partial charge in [0.25, 0.3) is 5.56 Å². The lowest BCUT2D eigenvalue weighted by atomic mass is 10.1. The third kappa shape index (κ3) is 4.14. The molecule has 170 valence electrons. The first-order chi connectivity index (χ1) is 15.4. The number of hydrogen-bond donors (Lipinski definition) is 1. The zero-order valence-corrected chi connectivity index (χ0v) is 19.4. The summed E-state index contributed by atoms with van der Waals surface area (Å²) in [6.45, 7) is 6.83. The van der Waals surface area contributed by atoms with Crippen molar-refractivity contribution < 1.29 is 9.47 Å². The number of methoxy groups -OCH3 is 2. The summed E-state index contributed by atoms with van der Waals surface area (Å²) in [5, 5.41) is 0.499. The molecule has 0 amide bonds. The molecule has 8 heteroatoms. The Morgan fingerprint density at radius 2 is 1.94 bits per heavy atom. The number of likely N-dealkylation sites (tertiary alicyclic amines) is 1. The molecule has 1 N–H and O–H groups in total. The van der Waals surface area contributed by atoms with Gasteiger partial charge in [-0.15, -0.1) is 0 Å². The Morgan fingerprint density at radius 1 is 1.19 bits per heavy atom. The normalized spacial score (nSPS) is 15.2. The number of aromatic amines is 1. The van der Waals surface area contributed by atoms with Crippen LogP contribution < -0.4 is 19.9 Å². The van der Waals surface area contributed by atoms with Crippen molar-refractivity contribution in [1.82, 2.24) is 19.9 Å². The van der Waals surface area contributed by atoms with Gasteiger partial charge in [-0.1, -0.05) is 6.07 Å². The van der Waals surface area contributed by atoms with Gasteiger partial charge in [-0.25, -0.2) is 0 Å². The van der Waals surface area contributed by atoms with Gasteiger partial charge >= 0.3 is 0 Å². The molecule has 1 aliphatic rings. The van der Waals surface area contributed by atoms with Crippen LogP contribution >= 0.6 is 0 Å². The van der Waals surface area contributed by atoms with E-state index in [9.17, 15) is 4.79 Å². The maximum absolute atomic E-state index is 12.9. The summed E-state index contributed by atoms with van der Waals surface area (Å²) in [6, 6.07) is 8.22. The molecule has 32 heavy (non-hydrogen) atoms. The summed E-state index contributed by atoms with van der Waals surface area (Å²) in [6.07, 6.45) is 2.51. The van der Waals surface area contributed by atoms with Gasteiger partial charge < -0.3 is 19.4 Å². The fourth-order valence-corrected chi connectivity index (χ4v) is 4.48. The highest BCUT2D eigenvalue weighted by Gasteiger charge is 2.21. The van der Waals surface area contributed by atoms with Crippen LogP contribution in [0.25, 0.3) is 10.9 Å². The Morgan fingerprint density at radius 3 is 2.62 bits per heavy atom. The number of fused-ring (bicyclic) bond motifs is 1. The monoisotopic (exact) mass is 437 g/mol. The quantitative estimate of drug-likeness (QED) is 0.606. The van der Waals surface area contributed by atoms with Crippen LogP contribution in [0.5, 0.6) is 11.5 Å². The number of anilines is 1. The van der Waals surface area contributed by atoms with E-state index in [1.54, 1.807) is 20.3 Å². The third-order valence-electron chi connectivity index (χ3n) is 6.28. The van der Waals surface area contributed by atoms with E-state index >= 15 is 0 Å². The molecule has 3 aromatic rings. The van der Waals surface area contributed by atoms with Crippen molar-refractivity contribution in [3.8, 4) is 11.5 Å². The number of rotatable bonds is 7. The molecule has 0 spiro atoms. The van der Waals surface area contributed by atoms with Gasteiger partial charge in [0, 0.05) is 24.7 Å². The Labute approximate surface area is 188 Å². The van der Waals surface area contributed by atoms with Gasteiger partial charge in [-0.05, 0) is 51.9 Å². The topological polar surface area (TPSA) is 83.6 Å². The fraction of sp³-hybridized carbons (Fsp3) is 0.458. The molecule has 1 unspecified atom stereocenters. The van der Waals surface area contributed by atoms with Gasteiger partial charge in [-0.3, -0.25) is 14.7 Å². The molecule has 1 fully saturated rings. The Hall–Kier alpha value is -3.13. The van der Waals surface area contributed by atoms with Crippen molar-refractivity contribution in [2.45, 2.75) is 39.3 Å². The minimum absolute atomic E-state index is 0.298. The number of nitrogens with zero attached hydrogens (tertiary/aromatic N) is 4. The molecule has 8 nitrogen and oxygen atoms in total. The standard InChI is InChI=1S/C24H31N5O3/c1-15-21-19(13-20(31-4)22(15)32-5)26-24(27-23(21)30)28(3)14-17-9-8-10-18(25-17)16(2)29-11-6-7-12-29/h8-10,13,16H,6-7,11-12,14H2,1-5H3,(H,26,27,30). The fourth-order valence-electron chi connectivity index (χ4n) is 4.48. The van der Waals surface area contributed by atoms with E-state index in [-0.39, 0.29) is 5.56 Å². The average Bonchev–Trinajstić information content (AvgIpc) is 3.33. The van der Waals surface area contributed by atoms with E-state index in [4.69, 9.17) is 14.5 Å². The van der Waals surface area contributed by atoms with Crippen LogP contribution in [-0.4, -0.2) is 54.2 Å². The largest absolute Gasteiger partial charge is 0.493 e. The minimum atomic E-state index is -0.302. The second kappa shape index (κ2) is 9.16. The highest BCUT2D eigenvalue weighted by molar-refractivity contribution is 5.86. The first-order valence-corrected chi connectivity index (χ1v) is 11.0. The molecule has 1 aromatic carbocycles. The molecule has 0 radical (unpaired) electrons. The maximum atomic E-state index is 12.9. The van der Waals surface area contributed by atoms with Crippen molar-refractivity contribution in [1.29, 1.82) is 0 Å². The Bertz CT molecular complexity index is 1170. The van der Waals surface area contributed by atoms with Crippen LogP contribution in [0, 0.1) is 6.92 Å². The van der Waals surface area contributed by atoms with Crippen molar-refractivity contribution in [2.75, 3.05) is 39.3 Å². The van der Waals surface area contributed by atoms with E-state index in [0.717, 1.165) is 24.5 Å². The number of aryl methyl sites for hydroxylation is 1. The molecule has 3 heterocycles. The Balaban J connectivity index is 1.62. The lowest BCUT2D eigenvalue weighted by molar-refractivity contribution is 0.258. The molecule has 0 bridgehead atoms. The maximum Gasteiger partial charge on any atom is 0.282 e. The first kappa shape index (κ1) is 22.1. The summed E-state index contributed by atoms with van der Waals surface area (Å²) >= 11 is 0. The second-order valence-electron chi connectivity index (χ2n) is 8.35. The smallest absolute Gasteiger partial charge is 0.282 e. The SMILES string of the molecule is COc1cc2[nH]c(N(C)Cc3cccc(C(C)N4CCCC4)n3)nc(=O)c2c(C)c1OC. The predicted molar refractivity (Wildman–Crippen MR) is 126 cm³/mol. The van der Waals surface area contributed by atoms with E-state index in [0.29, 0.717) is 46.5 Å². The number of nitrogens with one attached hydrogen (secondary N) is 1. The first-order valence-electron chi connectivity index (χ1n) is 11.0. The zero-order chi connectivity index (χ0) is 22.8. The third-order valence-corrected chi connectivity index (χ3v) is 6.28. The number of ether oxygens (including phenoxy) is 2. The van der Waals surface area contributed by atoms with E-state index in [1.807, 2.05) is 24.9 Å². The number of benzene rings is 1. The van der Waals surface area contributed by atoms with Crippen molar-refractivity contribution in [3.63, 3.8) is 0 Å². The zero-order valence-electron chi connectivity index (χ0n) is 19.4. The lowest BCUT2D eigenvalue weighted by Crippen LogP contribution is -2.26. The van der Waals surface area contributed by atoms with Crippen molar-refractivity contribution in [3.05, 3.63) is 51.6 Å². The minimum Gasteiger partial charge on any atom is -0.493 e. The van der Waals surface area contributed by atoms with Gasteiger partial charge in [0.2, 0.25) is 5.95 Å². The lowest BCUT2D eigenvalue weighted by Gasteiger charge is -2.24. The molecule has 1 aliphatic heterocycles. The van der Waals surface area contributed by atoms with E-state index < -0.39 is 0 Å². The molecule has 2 aromatic heterocycles. The Kier molecular flexibility index (Phi) is 6.32. The summed E-state index contributed by atoms with van der Waals surface area (Å²) < 4.78 is 10.9. The summed E-state index contributed by atoms with van der Waals surface area (Å²) in [5.74, 6) is 1.59. The number of pyridine rings is 1. The molecule has 4 rings (SSSR count). The van der Waals surface area contributed by atoms with Crippen LogP contribution in [0.15, 0.2) is 29.1 Å². The van der Waals surface area contributed by atoms with Crippen LogP contribution in [0.4, 0.5) is 5.95 Å². The molecule has 1 saturated heterocycles. The van der Waals surface area contributed by atoms with Gasteiger partial charge in [-0.2, -0.15) is 4.98 Å². The van der Waals surface area contributed by atoms with E-state index in [1.165, 1.54) is 12.8 Å². The molecular formula is C24H31N5O3. The van der Waals surface area contributed by atoms with Crippen LogP contribution in [0.2, 0.25) is 0 Å². The van der Waals surface area contributed by atoms with Crippen molar-refractivity contribution >= 4 is 16.9 Å². The predicted octanol–water partition coefficient (Wildman–Crippen LogP) is 3.44. The van der Waals surface area contributed by atoms with Crippen LogP contribution in [0.3, 0.4) is 0 Å². The molecule has 0 aliphatic carbocycles. The molecule has 0 saturated carbocycles. The highest BCUT2D eigenvalue weighted by Crippen LogP contribution is 2.35. The van der Waals surface area contributed by atoms with Crippen LogP contribution in [0.1, 0.15) is 42.8 Å². The summed E-state index contributed by atoms with van der Waals surface area (Å²) in [5.41, 5.74) is 3.07. The van der Waals surface area contributed by atoms with Gasteiger partial charge in [0.05, 0.1) is 43.1 Å². The highest BCUT2D eigenvalue weighted by atomic mass is 16.5.